The molecule has 0 radical (unpaired) electrons. The topological polar surface area (TPSA) is 12.0 Å². The Morgan fingerprint density at radius 3 is 2.71 bits per heavy atom. The molecule has 0 saturated heterocycles. The zero-order valence-electron chi connectivity index (χ0n) is 10.7. The summed E-state index contributed by atoms with van der Waals surface area (Å²) in [5.41, 5.74) is 0.684. The van der Waals surface area contributed by atoms with E-state index in [2.05, 4.69) is 29.8 Å². The summed E-state index contributed by atoms with van der Waals surface area (Å²) in [5.74, 6) is 0. The van der Waals surface area contributed by atoms with Crippen LogP contribution in [0.15, 0.2) is 17.5 Å². The van der Waals surface area contributed by atoms with Crippen molar-refractivity contribution in [3.05, 3.63) is 22.4 Å². The molecule has 2 fully saturated rings. The van der Waals surface area contributed by atoms with E-state index in [4.69, 9.17) is 0 Å². The largest absolute Gasteiger partial charge is 0.306 e. The van der Waals surface area contributed by atoms with Crippen LogP contribution in [0.5, 0.6) is 0 Å². The molecule has 3 rings (SSSR count). The van der Waals surface area contributed by atoms with Gasteiger partial charge in [-0.3, -0.25) is 0 Å². The van der Waals surface area contributed by atoms with Gasteiger partial charge in [0.2, 0.25) is 0 Å². The second-order valence-electron chi connectivity index (χ2n) is 5.92. The molecule has 2 aliphatic rings. The Morgan fingerprint density at radius 2 is 2.12 bits per heavy atom. The summed E-state index contributed by atoms with van der Waals surface area (Å²) in [7, 11) is 0. The van der Waals surface area contributed by atoms with E-state index in [-0.39, 0.29) is 0 Å². The molecular weight excluding hydrogens is 226 g/mol. The van der Waals surface area contributed by atoms with Gasteiger partial charge in [0.25, 0.3) is 0 Å². The lowest BCUT2D eigenvalue weighted by Gasteiger charge is -2.53. The highest BCUT2D eigenvalue weighted by Gasteiger charge is 2.46. The van der Waals surface area contributed by atoms with Gasteiger partial charge in [-0.15, -0.1) is 11.3 Å². The first kappa shape index (κ1) is 11.7. The Kier molecular flexibility index (Phi) is 3.27. The van der Waals surface area contributed by atoms with Gasteiger partial charge in [0, 0.05) is 17.0 Å². The first-order valence-corrected chi connectivity index (χ1v) is 7.98. The summed E-state index contributed by atoms with van der Waals surface area (Å²) < 4.78 is 0. The van der Waals surface area contributed by atoms with Gasteiger partial charge in [-0.2, -0.15) is 0 Å². The van der Waals surface area contributed by atoms with E-state index in [0.29, 0.717) is 11.5 Å². The fraction of sp³-hybridized carbons (Fsp3) is 0.733. The quantitative estimate of drug-likeness (QED) is 0.831. The summed E-state index contributed by atoms with van der Waals surface area (Å²) >= 11 is 1.88. The fourth-order valence-electron chi connectivity index (χ4n) is 3.73. The predicted molar refractivity (Wildman–Crippen MR) is 74.4 cm³/mol. The Labute approximate surface area is 109 Å². The average Bonchev–Trinajstić information content (AvgIpc) is 2.89. The summed E-state index contributed by atoms with van der Waals surface area (Å²) in [6, 6.07) is 5.75. The van der Waals surface area contributed by atoms with E-state index in [1.54, 1.807) is 0 Å². The van der Waals surface area contributed by atoms with Gasteiger partial charge in [0.1, 0.15) is 0 Å². The van der Waals surface area contributed by atoms with Crippen LogP contribution in [0.25, 0.3) is 0 Å². The molecule has 1 heterocycles. The molecule has 1 unspecified atom stereocenters. The lowest BCUT2D eigenvalue weighted by atomic mass is 9.57. The van der Waals surface area contributed by atoms with Crippen LogP contribution in [0.1, 0.15) is 62.8 Å². The molecule has 2 atom stereocenters. The van der Waals surface area contributed by atoms with Crippen LogP contribution >= 0.6 is 11.3 Å². The molecular formula is C15H23NS. The number of thiophene rings is 1. The summed E-state index contributed by atoms with van der Waals surface area (Å²) in [5, 5.41) is 6.07. The summed E-state index contributed by atoms with van der Waals surface area (Å²) in [6.45, 7) is 2.32. The molecule has 1 N–H and O–H groups in total. The smallest absolute Gasteiger partial charge is 0.0388 e. The van der Waals surface area contributed by atoms with Crippen LogP contribution in [-0.2, 0) is 0 Å². The molecule has 0 bridgehead atoms. The SMILES string of the molecule is C[C@H](NC1CCC12CCCCC2)c1cccs1. The predicted octanol–water partition coefficient (Wildman–Crippen LogP) is 4.51. The first-order chi connectivity index (χ1) is 8.30. The maximum Gasteiger partial charge on any atom is 0.0388 e. The van der Waals surface area contributed by atoms with E-state index in [1.165, 1.54) is 49.8 Å². The molecule has 17 heavy (non-hydrogen) atoms. The minimum absolute atomic E-state index is 0.541. The van der Waals surface area contributed by atoms with E-state index in [0.717, 1.165) is 6.04 Å². The van der Waals surface area contributed by atoms with Crippen LogP contribution in [0.3, 0.4) is 0 Å². The second-order valence-corrected chi connectivity index (χ2v) is 6.90. The standard InChI is InChI=1S/C15H23NS/c1-12(13-6-5-11-17-13)16-14-7-10-15(14)8-3-2-4-9-15/h5-6,11-12,14,16H,2-4,7-10H2,1H3/t12-,14?/m0/s1. The Morgan fingerprint density at radius 1 is 1.29 bits per heavy atom. The molecule has 1 nitrogen and oxygen atoms in total. The number of hydrogen-bond donors (Lipinski definition) is 1. The zero-order valence-corrected chi connectivity index (χ0v) is 11.6. The Bertz CT molecular complexity index is 351. The van der Waals surface area contributed by atoms with Crippen molar-refractivity contribution in [2.45, 2.75) is 64.0 Å². The lowest BCUT2D eigenvalue weighted by molar-refractivity contribution is 0.0177. The highest BCUT2D eigenvalue weighted by atomic mass is 32.1. The third-order valence-corrected chi connectivity index (χ3v) is 6.00. The van der Waals surface area contributed by atoms with Crippen molar-refractivity contribution in [3.8, 4) is 0 Å². The van der Waals surface area contributed by atoms with Crippen molar-refractivity contribution in [1.29, 1.82) is 0 Å². The van der Waals surface area contributed by atoms with Crippen LogP contribution < -0.4 is 5.32 Å². The molecule has 2 aliphatic carbocycles. The molecule has 2 saturated carbocycles. The number of rotatable bonds is 3. The van der Waals surface area contributed by atoms with Crippen LogP contribution in [0.2, 0.25) is 0 Å². The molecule has 1 aromatic rings. The molecule has 1 spiro atoms. The molecule has 0 amide bonds. The van der Waals surface area contributed by atoms with Crippen molar-refractivity contribution in [2.75, 3.05) is 0 Å². The van der Waals surface area contributed by atoms with Gasteiger partial charge in [-0.05, 0) is 49.5 Å². The van der Waals surface area contributed by atoms with Gasteiger partial charge in [-0.1, -0.05) is 25.3 Å². The minimum Gasteiger partial charge on any atom is -0.306 e. The van der Waals surface area contributed by atoms with Crippen LogP contribution in [0.4, 0.5) is 0 Å². The second kappa shape index (κ2) is 4.74. The highest BCUT2D eigenvalue weighted by molar-refractivity contribution is 7.10. The average molecular weight is 249 g/mol. The van der Waals surface area contributed by atoms with Crippen LogP contribution in [-0.4, -0.2) is 6.04 Å². The lowest BCUT2D eigenvalue weighted by Crippen LogP contribution is -2.54. The molecule has 0 aliphatic heterocycles. The maximum atomic E-state index is 3.89. The van der Waals surface area contributed by atoms with Crippen molar-refractivity contribution in [1.82, 2.24) is 5.32 Å². The third kappa shape index (κ3) is 2.17. The maximum absolute atomic E-state index is 3.89. The van der Waals surface area contributed by atoms with E-state index in [1.807, 2.05) is 11.3 Å². The van der Waals surface area contributed by atoms with Gasteiger partial charge in [0.05, 0.1) is 0 Å². The van der Waals surface area contributed by atoms with E-state index >= 15 is 0 Å². The highest BCUT2D eigenvalue weighted by Crippen LogP contribution is 2.52. The molecule has 94 valence electrons. The number of nitrogens with one attached hydrogen (secondary N) is 1. The Balaban J connectivity index is 1.62. The monoisotopic (exact) mass is 249 g/mol. The van der Waals surface area contributed by atoms with Crippen LogP contribution in [0, 0.1) is 5.41 Å². The van der Waals surface area contributed by atoms with Gasteiger partial charge in [-0.25, -0.2) is 0 Å². The van der Waals surface area contributed by atoms with Crippen molar-refractivity contribution in [2.24, 2.45) is 5.41 Å². The van der Waals surface area contributed by atoms with Crippen molar-refractivity contribution in [3.63, 3.8) is 0 Å². The van der Waals surface area contributed by atoms with Gasteiger partial charge >= 0.3 is 0 Å². The van der Waals surface area contributed by atoms with E-state index in [9.17, 15) is 0 Å². The molecule has 2 heteroatoms. The van der Waals surface area contributed by atoms with Gasteiger partial charge < -0.3 is 5.32 Å². The summed E-state index contributed by atoms with van der Waals surface area (Å²) in [6.07, 6.45) is 10.2. The zero-order chi connectivity index (χ0) is 11.7. The third-order valence-electron chi connectivity index (χ3n) is 4.94. The fourth-order valence-corrected chi connectivity index (χ4v) is 4.48. The minimum atomic E-state index is 0.541. The van der Waals surface area contributed by atoms with Crippen molar-refractivity contribution >= 4 is 11.3 Å². The van der Waals surface area contributed by atoms with Crippen molar-refractivity contribution < 1.29 is 0 Å². The molecule has 1 aromatic heterocycles. The summed E-state index contributed by atoms with van der Waals surface area (Å²) in [4.78, 5) is 1.49. The number of hydrogen-bond acceptors (Lipinski definition) is 2. The van der Waals surface area contributed by atoms with E-state index < -0.39 is 0 Å². The Hall–Kier alpha value is -0.340. The normalized spacial score (nSPS) is 28.9. The first-order valence-electron chi connectivity index (χ1n) is 7.10. The molecule has 0 aromatic carbocycles. The van der Waals surface area contributed by atoms with Gasteiger partial charge in [0.15, 0.2) is 0 Å².